The summed E-state index contributed by atoms with van der Waals surface area (Å²) in [6, 6.07) is 0. The summed E-state index contributed by atoms with van der Waals surface area (Å²) in [4.78, 5) is 14.8. The van der Waals surface area contributed by atoms with Crippen molar-refractivity contribution in [3.05, 3.63) is 17.9 Å². The minimum absolute atomic E-state index is 0.219. The molecule has 0 bridgehead atoms. The molecule has 2 heterocycles. The summed E-state index contributed by atoms with van der Waals surface area (Å²) in [6.45, 7) is 7.51. The van der Waals surface area contributed by atoms with Crippen LogP contribution in [-0.4, -0.2) is 47.8 Å². The fourth-order valence-electron chi connectivity index (χ4n) is 1.98. The number of aromatic nitrogens is 3. The van der Waals surface area contributed by atoms with Gasteiger partial charge in [0.15, 0.2) is 0 Å². The molecule has 0 spiro atoms. The Morgan fingerprint density at radius 1 is 1.25 bits per heavy atom. The lowest BCUT2D eigenvalue weighted by Crippen LogP contribution is -2.22. The van der Waals surface area contributed by atoms with E-state index in [1.54, 1.807) is 0 Å². The lowest BCUT2D eigenvalue weighted by atomic mass is 10.4. The Hall–Kier alpha value is -1.40. The second kappa shape index (κ2) is 8.01. The monoisotopic (exact) mass is 297 g/mol. The molecule has 1 aromatic heterocycles. The van der Waals surface area contributed by atoms with Crippen LogP contribution in [-0.2, 0) is 4.74 Å². The number of anilines is 2. The smallest absolute Gasteiger partial charge is 0.231 e. The summed E-state index contributed by atoms with van der Waals surface area (Å²) in [7, 11) is 0. The first-order valence-electron chi connectivity index (χ1n) is 6.88. The minimum Gasteiger partial charge on any atom is -0.379 e. The van der Waals surface area contributed by atoms with Crippen molar-refractivity contribution in [1.29, 1.82) is 0 Å². The molecule has 7 heteroatoms. The normalized spacial score (nSPS) is 14.6. The van der Waals surface area contributed by atoms with E-state index in [2.05, 4.69) is 31.7 Å². The lowest BCUT2D eigenvalue weighted by Gasteiger charge is -2.15. The van der Waals surface area contributed by atoms with Gasteiger partial charge in [-0.3, -0.25) is 0 Å². The van der Waals surface area contributed by atoms with Gasteiger partial charge in [-0.15, -0.1) is 6.58 Å². The standard InChI is InChI=1S/C13H20ClN5O/c1-2-3-9-20-10-6-15-12-16-11(14)17-13(18-12)19-7-4-5-8-19/h2H,1,3-10H2,(H,15,16,17,18). The van der Waals surface area contributed by atoms with Gasteiger partial charge in [-0.25, -0.2) is 0 Å². The van der Waals surface area contributed by atoms with E-state index in [1.807, 2.05) is 6.08 Å². The highest BCUT2D eigenvalue weighted by Gasteiger charge is 2.16. The zero-order chi connectivity index (χ0) is 14.2. The highest BCUT2D eigenvalue weighted by atomic mass is 35.5. The average molecular weight is 298 g/mol. The van der Waals surface area contributed by atoms with Crippen molar-refractivity contribution in [2.24, 2.45) is 0 Å². The third-order valence-electron chi connectivity index (χ3n) is 2.98. The summed E-state index contributed by atoms with van der Waals surface area (Å²) >= 11 is 5.94. The SMILES string of the molecule is C=CCCOCCNc1nc(Cl)nc(N2CCCC2)n1. The van der Waals surface area contributed by atoms with E-state index in [1.165, 1.54) is 12.8 Å². The molecule has 1 aromatic rings. The summed E-state index contributed by atoms with van der Waals surface area (Å²) in [5.41, 5.74) is 0. The zero-order valence-corrected chi connectivity index (χ0v) is 12.3. The van der Waals surface area contributed by atoms with Crippen LogP contribution < -0.4 is 10.2 Å². The van der Waals surface area contributed by atoms with E-state index in [9.17, 15) is 0 Å². The molecule has 0 unspecified atom stereocenters. The molecule has 20 heavy (non-hydrogen) atoms. The summed E-state index contributed by atoms with van der Waals surface area (Å²) in [6.07, 6.45) is 5.03. The van der Waals surface area contributed by atoms with Gasteiger partial charge < -0.3 is 15.0 Å². The topological polar surface area (TPSA) is 63.2 Å². The summed E-state index contributed by atoms with van der Waals surface area (Å²) in [5.74, 6) is 1.15. The van der Waals surface area contributed by atoms with Crippen LogP contribution in [0.5, 0.6) is 0 Å². The van der Waals surface area contributed by atoms with Gasteiger partial charge in [-0.2, -0.15) is 15.0 Å². The Kier molecular flexibility index (Phi) is 6.01. The Labute approximate surface area is 124 Å². The van der Waals surface area contributed by atoms with Gasteiger partial charge in [0, 0.05) is 19.6 Å². The Morgan fingerprint density at radius 3 is 2.80 bits per heavy atom. The molecule has 1 saturated heterocycles. The molecular weight excluding hydrogens is 278 g/mol. The van der Waals surface area contributed by atoms with Crippen LogP contribution in [0.4, 0.5) is 11.9 Å². The molecular formula is C13H20ClN5O. The largest absolute Gasteiger partial charge is 0.379 e. The molecule has 1 aliphatic rings. The van der Waals surface area contributed by atoms with Crippen molar-refractivity contribution in [2.45, 2.75) is 19.3 Å². The zero-order valence-electron chi connectivity index (χ0n) is 11.5. The Bertz CT molecular complexity index is 437. The maximum atomic E-state index is 5.94. The predicted molar refractivity (Wildman–Crippen MR) is 80.4 cm³/mol. The molecule has 1 N–H and O–H groups in total. The van der Waals surface area contributed by atoms with E-state index in [0.29, 0.717) is 31.7 Å². The van der Waals surface area contributed by atoms with Gasteiger partial charge in [0.1, 0.15) is 0 Å². The van der Waals surface area contributed by atoms with Crippen molar-refractivity contribution in [1.82, 2.24) is 15.0 Å². The number of halogens is 1. The van der Waals surface area contributed by atoms with Crippen LogP contribution in [0.25, 0.3) is 0 Å². The fraction of sp³-hybridized carbons (Fsp3) is 0.615. The van der Waals surface area contributed by atoms with E-state index in [-0.39, 0.29) is 5.28 Å². The van der Waals surface area contributed by atoms with Gasteiger partial charge in [0.05, 0.1) is 13.2 Å². The molecule has 110 valence electrons. The van der Waals surface area contributed by atoms with Crippen molar-refractivity contribution in [3.8, 4) is 0 Å². The second-order valence-electron chi connectivity index (χ2n) is 4.54. The van der Waals surface area contributed by atoms with Crippen molar-refractivity contribution in [3.63, 3.8) is 0 Å². The first kappa shape index (κ1) is 15.0. The third kappa shape index (κ3) is 4.61. The molecule has 0 aliphatic carbocycles. The van der Waals surface area contributed by atoms with Crippen LogP contribution in [0, 0.1) is 0 Å². The van der Waals surface area contributed by atoms with Crippen molar-refractivity contribution >= 4 is 23.5 Å². The van der Waals surface area contributed by atoms with Gasteiger partial charge in [-0.1, -0.05) is 6.08 Å². The molecule has 6 nitrogen and oxygen atoms in total. The Morgan fingerprint density at radius 2 is 2.05 bits per heavy atom. The fourth-order valence-corrected chi connectivity index (χ4v) is 2.14. The molecule has 1 aliphatic heterocycles. The number of nitrogens with zero attached hydrogens (tertiary/aromatic N) is 4. The first-order chi connectivity index (χ1) is 9.79. The number of nitrogens with one attached hydrogen (secondary N) is 1. The highest BCUT2D eigenvalue weighted by Crippen LogP contribution is 2.18. The van der Waals surface area contributed by atoms with E-state index in [0.717, 1.165) is 19.5 Å². The Balaban J connectivity index is 1.83. The second-order valence-corrected chi connectivity index (χ2v) is 4.88. The van der Waals surface area contributed by atoms with Gasteiger partial charge >= 0.3 is 0 Å². The third-order valence-corrected chi connectivity index (χ3v) is 3.15. The van der Waals surface area contributed by atoms with Crippen LogP contribution in [0.2, 0.25) is 5.28 Å². The number of rotatable bonds is 8. The number of ether oxygens (including phenoxy) is 1. The van der Waals surface area contributed by atoms with Crippen LogP contribution in [0.3, 0.4) is 0 Å². The van der Waals surface area contributed by atoms with Crippen molar-refractivity contribution in [2.75, 3.05) is 43.1 Å². The van der Waals surface area contributed by atoms with E-state index < -0.39 is 0 Å². The lowest BCUT2D eigenvalue weighted by molar-refractivity contribution is 0.149. The van der Waals surface area contributed by atoms with Crippen LogP contribution in [0.15, 0.2) is 12.7 Å². The van der Waals surface area contributed by atoms with Gasteiger partial charge in [-0.05, 0) is 30.9 Å². The van der Waals surface area contributed by atoms with Crippen LogP contribution in [0.1, 0.15) is 19.3 Å². The summed E-state index contributed by atoms with van der Waals surface area (Å²) in [5, 5.41) is 3.32. The molecule has 0 aromatic carbocycles. The quantitative estimate of drug-likeness (QED) is 0.586. The van der Waals surface area contributed by atoms with Gasteiger partial charge in [0.2, 0.25) is 17.2 Å². The molecule has 0 atom stereocenters. The van der Waals surface area contributed by atoms with Crippen LogP contribution >= 0.6 is 11.6 Å². The minimum atomic E-state index is 0.219. The predicted octanol–water partition coefficient (Wildman–Crippen LogP) is 2.13. The molecule has 0 radical (unpaired) electrons. The van der Waals surface area contributed by atoms with E-state index in [4.69, 9.17) is 16.3 Å². The number of hydrogen-bond donors (Lipinski definition) is 1. The molecule has 1 fully saturated rings. The summed E-state index contributed by atoms with van der Waals surface area (Å²) < 4.78 is 5.41. The van der Waals surface area contributed by atoms with Gasteiger partial charge in [0.25, 0.3) is 0 Å². The maximum absolute atomic E-state index is 5.94. The molecule has 2 rings (SSSR count). The van der Waals surface area contributed by atoms with Crippen molar-refractivity contribution < 1.29 is 4.74 Å². The maximum Gasteiger partial charge on any atom is 0.231 e. The molecule has 0 amide bonds. The average Bonchev–Trinajstić information content (AvgIpc) is 2.96. The highest BCUT2D eigenvalue weighted by molar-refractivity contribution is 6.28. The first-order valence-corrected chi connectivity index (χ1v) is 7.26. The number of hydrogen-bond acceptors (Lipinski definition) is 6. The van der Waals surface area contributed by atoms with E-state index >= 15 is 0 Å². The molecule has 0 saturated carbocycles.